The van der Waals surface area contributed by atoms with Crippen LogP contribution in [-0.4, -0.2) is 42.8 Å². The van der Waals surface area contributed by atoms with Gasteiger partial charge in [-0.3, -0.25) is 9.79 Å². The minimum absolute atomic E-state index is 0.121. The van der Waals surface area contributed by atoms with Crippen molar-refractivity contribution >= 4 is 12.1 Å². The van der Waals surface area contributed by atoms with E-state index in [2.05, 4.69) is 17.2 Å². The molecule has 2 aliphatic heterocycles. The minimum Gasteiger partial charge on any atom is -0.320 e. The Morgan fingerprint density at radius 2 is 2.05 bits per heavy atom. The Balaban J connectivity index is 1.76. The van der Waals surface area contributed by atoms with Gasteiger partial charge in [-0.1, -0.05) is 45.4 Å². The zero-order valence-corrected chi connectivity index (χ0v) is 14.2. The number of carbonyl (C=O) groups excluding carboxylic acids is 1. The highest BCUT2D eigenvalue weighted by Crippen LogP contribution is 2.30. The first-order valence-electron chi connectivity index (χ1n) is 9.35. The molecule has 2 rings (SSSR count). The minimum atomic E-state index is 0.121. The molecular formula is C18H33N3O. The molecule has 4 nitrogen and oxygen atoms in total. The van der Waals surface area contributed by atoms with E-state index < -0.39 is 0 Å². The van der Waals surface area contributed by atoms with Crippen molar-refractivity contribution < 1.29 is 4.79 Å². The van der Waals surface area contributed by atoms with Gasteiger partial charge in [0, 0.05) is 25.2 Å². The summed E-state index contributed by atoms with van der Waals surface area (Å²) in [5.41, 5.74) is 0. The van der Waals surface area contributed by atoms with Gasteiger partial charge in [-0.05, 0) is 32.2 Å². The number of fused-ring (bicyclic) bond motifs is 1. The van der Waals surface area contributed by atoms with Crippen molar-refractivity contribution in [2.45, 2.75) is 77.3 Å². The molecule has 2 atom stereocenters. The van der Waals surface area contributed by atoms with E-state index in [4.69, 9.17) is 0 Å². The first kappa shape index (κ1) is 17.5. The first-order valence-corrected chi connectivity index (χ1v) is 9.35. The van der Waals surface area contributed by atoms with Gasteiger partial charge >= 0.3 is 0 Å². The van der Waals surface area contributed by atoms with Crippen LogP contribution in [-0.2, 0) is 4.79 Å². The van der Waals surface area contributed by atoms with E-state index in [1.165, 1.54) is 38.5 Å². The van der Waals surface area contributed by atoms with E-state index in [9.17, 15) is 4.79 Å². The van der Waals surface area contributed by atoms with Gasteiger partial charge < -0.3 is 10.2 Å². The lowest BCUT2D eigenvalue weighted by Gasteiger charge is -2.22. The predicted octanol–water partition coefficient (Wildman–Crippen LogP) is 3.37. The molecule has 0 saturated carbocycles. The van der Waals surface area contributed by atoms with Gasteiger partial charge in [-0.25, -0.2) is 0 Å². The fourth-order valence-corrected chi connectivity index (χ4v) is 3.54. The van der Waals surface area contributed by atoms with E-state index in [-0.39, 0.29) is 12.1 Å². The Labute approximate surface area is 135 Å². The van der Waals surface area contributed by atoms with Crippen molar-refractivity contribution in [3.05, 3.63) is 0 Å². The molecular weight excluding hydrogens is 274 g/mol. The Kier molecular flexibility index (Phi) is 7.92. The Bertz CT molecular complexity index is 356. The summed E-state index contributed by atoms with van der Waals surface area (Å²) in [4.78, 5) is 19.3. The van der Waals surface area contributed by atoms with Crippen LogP contribution in [0, 0.1) is 5.92 Å². The van der Waals surface area contributed by atoms with Gasteiger partial charge in [0.1, 0.15) is 6.17 Å². The van der Waals surface area contributed by atoms with Gasteiger partial charge in [-0.15, -0.1) is 0 Å². The third-order valence-corrected chi connectivity index (χ3v) is 4.87. The van der Waals surface area contributed by atoms with E-state index in [1.807, 2.05) is 11.1 Å². The summed E-state index contributed by atoms with van der Waals surface area (Å²) >= 11 is 0. The van der Waals surface area contributed by atoms with Crippen LogP contribution < -0.4 is 5.32 Å². The molecule has 0 aromatic rings. The van der Waals surface area contributed by atoms with Crippen molar-refractivity contribution in [3.63, 3.8) is 0 Å². The Hall–Kier alpha value is -0.900. The standard InChI is InChI=1S/C18H33N3O/c1-2-3-4-5-6-7-10-16-15-17-20-13-8-11-19-12-9-14-21(17)18(16)22/h13,16-17,19H,2-12,14-15H2,1H3/b20-13-. The second kappa shape index (κ2) is 9.98. The largest absolute Gasteiger partial charge is 0.320 e. The number of unbranched alkanes of at least 4 members (excludes halogenated alkanes) is 5. The number of amides is 1. The summed E-state index contributed by atoms with van der Waals surface area (Å²) in [5.74, 6) is 0.582. The van der Waals surface area contributed by atoms with E-state index in [1.54, 1.807) is 0 Å². The maximum atomic E-state index is 12.6. The van der Waals surface area contributed by atoms with E-state index in [0.29, 0.717) is 5.91 Å². The summed E-state index contributed by atoms with van der Waals surface area (Å²) in [7, 11) is 0. The van der Waals surface area contributed by atoms with Crippen LogP contribution in [0.2, 0.25) is 0 Å². The number of aliphatic imine (C=N–C) groups is 1. The molecule has 0 bridgehead atoms. The van der Waals surface area contributed by atoms with Gasteiger partial charge in [0.05, 0.1) is 0 Å². The van der Waals surface area contributed by atoms with E-state index >= 15 is 0 Å². The van der Waals surface area contributed by atoms with Crippen LogP contribution in [0.5, 0.6) is 0 Å². The Morgan fingerprint density at radius 3 is 2.91 bits per heavy atom. The first-order chi connectivity index (χ1) is 10.8. The molecule has 1 amide bonds. The van der Waals surface area contributed by atoms with Gasteiger partial charge in [-0.2, -0.15) is 0 Å². The van der Waals surface area contributed by atoms with Crippen molar-refractivity contribution in [2.24, 2.45) is 10.9 Å². The number of rotatable bonds is 7. The summed E-state index contributed by atoms with van der Waals surface area (Å²) < 4.78 is 0. The normalized spacial score (nSPS) is 27.7. The maximum Gasteiger partial charge on any atom is 0.227 e. The molecule has 1 saturated heterocycles. The van der Waals surface area contributed by atoms with Crippen molar-refractivity contribution in [1.82, 2.24) is 10.2 Å². The fourth-order valence-electron chi connectivity index (χ4n) is 3.54. The van der Waals surface area contributed by atoms with Crippen molar-refractivity contribution in [3.8, 4) is 0 Å². The molecule has 0 radical (unpaired) electrons. The molecule has 126 valence electrons. The summed E-state index contributed by atoms with van der Waals surface area (Å²) in [6.07, 6.45) is 13.9. The lowest BCUT2D eigenvalue weighted by molar-refractivity contribution is -0.132. The molecule has 1 fully saturated rings. The molecule has 2 unspecified atom stereocenters. The summed E-state index contributed by atoms with van der Waals surface area (Å²) in [5, 5.41) is 3.39. The fraction of sp³-hybridized carbons (Fsp3) is 0.889. The molecule has 0 aromatic heterocycles. The van der Waals surface area contributed by atoms with Gasteiger partial charge in [0.15, 0.2) is 0 Å². The quantitative estimate of drug-likeness (QED) is 0.733. The number of carbonyl (C=O) groups is 1. The van der Waals surface area contributed by atoms with Crippen LogP contribution in [0.3, 0.4) is 0 Å². The van der Waals surface area contributed by atoms with Crippen LogP contribution in [0.1, 0.15) is 71.1 Å². The third-order valence-electron chi connectivity index (χ3n) is 4.87. The highest BCUT2D eigenvalue weighted by atomic mass is 16.2. The van der Waals surface area contributed by atoms with Crippen LogP contribution in [0.4, 0.5) is 0 Å². The highest BCUT2D eigenvalue weighted by Gasteiger charge is 2.38. The maximum absolute atomic E-state index is 12.6. The molecule has 2 heterocycles. The average molecular weight is 307 g/mol. The molecule has 0 spiro atoms. The molecule has 2 aliphatic rings. The summed E-state index contributed by atoms with van der Waals surface area (Å²) in [6, 6.07) is 0. The van der Waals surface area contributed by atoms with Crippen LogP contribution in [0.15, 0.2) is 4.99 Å². The second-order valence-electron chi connectivity index (χ2n) is 6.73. The zero-order valence-electron chi connectivity index (χ0n) is 14.2. The zero-order chi connectivity index (χ0) is 15.6. The number of hydrogen-bond donors (Lipinski definition) is 1. The molecule has 4 heteroatoms. The number of nitrogens with zero attached hydrogens (tertiary/aromatic N) is 2. The van der Waals surface area contributed by atoms with Crippen LogP contribution in [0.25, 0.3) is 0 Å². The average Bonchev–Trinajstić information content (AvgIpc) is 2.83. The van der Waals surface area contributed by atoms with Crippen molar-refractivity contribution in [2.75, 3.05) is 19.6 Å². The monoisotopic (exact) mass is 307 g/mol. The molecule has 22 heavy (non-hydrogen) atoms. The van der Waals surface area contributed by atoms with Crippen LogP contribution >= 0.6 is 0 Å². The van der Waals surface area contributed by atoms with E-state index in [0.717, 1.165) is 45.3 Å². The molecule has 1 N–H and O–H groups in total. The summed E-state index contributed by atoms with van der Waals surface area (Å²) in [6.45, 7) is 5.12. The number of nitrogens with one attached hydrogen (secondary N) is 1. The second-order valence-corrected chi connectivity index (χ2v) is 6.73. The predicted molar refractivity (Wildman–Crippen MR) is 92.2 cm³/mol. The van der Waals surface area contributed by atoms with Crippen molar-refractivity contribution in [1.29, 1.82) is 0 Å². The molecule has 0 aliphatic carbocycles. The smallest absolute Gasteiger partial charge is 0.227 e. The Morgan fingerprint density at radius 1 is 1.23 bits per heavy atom. The third kappa shape index (κ3) is 5.38. The lowest BCUT2D eigenvalue weighted by atomic mass is 9.98. The highest BCUT2D eigenvalue weighted by molar-refractivity contribution is 5.81. The number of hydrogen-bond acceptors (Lipinski definition) is 3. The SMILES string of the molecule is CCCCCCCCC1CC2/N=C\CCNCCCN2C1=O. The molecule has 0 aromatic carbocycles. The topological polar surface area (TPSA) is 44.7 Å². The van der Waals surface area contributed by atoms with Gasteiger partial charge in [0.25, 0.3) is 0 Å². The van der Waals surface area contributed by atoms with Gasteiger partial charge in [0.2, 0.25) is 5.91 Å². The lowest BCUT2D eigenvalue weighted by Crippen LogP contribution is -2.36.